The zero-order valence-corrected chi connectivity index (χ0v) is 10.9. The molecule has 0 aliphatic carbocycles. The van der Waals surface area contributed by atoms with Crippen LogP contribution in [0.15, 0.2) is 24.3 Å². The van der Waals surface area contributed by atoms with Gasteiger partial charge in [-0.15, -0.1) is 0 Å². The molecule has 0 aromatic heterocycles. The lowest BCUT2D eigenvalue weighted by atomic mass is 10.2. The summed E-state index contributed by atoms with van der Waals surface area (Å²) in [6.45, 7) is 1.57. The Morgan fingerprint density at radius 3 is 2.44 bits per heavy atom. The van der Waals surface area contributed by atoms with Crippen molar-refractivity contribution in [2.24, 2.45) is 0 Å². The fraction of sp³-hybridized carbons (Fsp3) is 0.333. The summed E-state index contributed by atoms with van der Waals surface area (Å²) >= 11 is 0. The first kappa shape index (κ1) is 12.8. The van der Waals surface area contributed by atoms with Crippen LogP contribution in [0.3, 0.4) is 0 Å². The number of carbonyl (C=O) groups is 2. The second kappa shape index (κ2) is 4.89. The highest BCUT2D eigenvalue weighted by Gasteiger charge is 2.37. The molecule has 6 heteroatoms. The Kier molecular flexibility index (Phi) is 3.47. The lowest BCUT2D eigenvalue weighted by Crippen LogP contribution is -2.51. The number of imide groups is 1. The van der Waals surface area contributed by atoms with Gasteiger partial charge in [-0.25, -0.2) is 4.90 Å². The third kappa shape index (κ3) is 2.15. The van der Waals surface area contributed by atoms with Gasteiger partial charge in [0, 0.05) is 10.8 Å². The van der Waals surface area contributed by atoms with Crippen LogP contribution in [0.2, 0.25) is 0 Å². The van der Waals surface area contributed by atoms with Gasteiger partial charge in [-0.2, -0.15) is 0 Å². The Hall–Kier alpha value is -1.69. The zero-order chi connectivity index (χ0) is 13.3. The number of benzene rings is 1. The Balaban J connectivity index is 2.33. The van der Waals surface area contributed by atoms with Crippen molar-refractivity contribution < 1.29 is 18.5 Å². The second-order valence-electron chi connectivity index (χ2n) is 3.93. The van der Waals surface area contributed by atoms with Gasteiger partial charge in [0.2, 0.25) is 11.8 Å². The Morgan fingerprint density at radius 2 is 1.89 bits per heavy atom. The number of carbonyl (C=O) groups excluding carboxylic acids is 2. The topological polar surface area (TPSA) is 63.7 Å². The molecule has 0 saturated carbocycles. The number of hydrogen-bond acceptors (Lipinski definition) is 4. The standard InChI is InChI=1S/C12H13NO4S/c1-8-12(15)13(11(14)7-18(8)16)9-3-5-10(17-2)6-4-9/h3-6,8H,7H2,1-2H3/t8-,18-/m1/s1. The van der Waals surface area contributed by atoms with Crippen LogP contribution >= 0.6 is 0 Å². The highest BCUT2D eigenvalue weighted by atomic mass is 32.2. The van der Waals surface area contributed by atoms with E-state index in [4.69, 9.17) is 4.74 Å². The monoisotopic (exact) mass is 267 g/mol. The number of nitrogens with zero attached hydrogens (tertiary/aromatic N) is 1. The minimum atomic E-state index is -1.41. The Bertz CT molecular complexity index is 511. The van der Waals surface area contributed by atoms with Gasteiger partial charge in [0.15, 0.2) is 0 Å². The molecule has 0 spiro atoms. The van der Waals surface area contributed by atoms with Crippen LogP contribution in [-0.2, 0) is 20.4 Å². The van der Waals surface area contributed by atoms with Crippen molar-refractivity contribution in [3.8, 4) is 5.75 Å². The first-order valence-corrected chi connectivity index (χ1v) is 6.81. The molecule has 0 radical (unpaired) electrons. The molecule has 0 bridgehead atoms. The molecular formula is C12H13NO4S. The minimum absolute atomic E-state index is 0.112. The number of hydrogen-bond donors (Lipinski definition) is 0. The predicted octanol–water partition coefficient (Wildman–Crippen LogP) is 0.706. The van der Waals surface area contributed by atoms with E-state index in [1.165, 1.54) is 7.11 Å². The molecule has 0 unspecified atom stereocenters. The molecule has 1 aliphatic rings. The minimum Gasteiger partial charge on any atom is -0.497 e. The maximum Gasteiger partial charge on any atom is 0.249 e. The van der Waals surface area contributed by atoms with Crippen LogP contribution in [0.25, 0.3) is 0 Å². The summed E-state index contributed by atoms with van der Waals surface area (Å²) < 4.78 is 16.5. The molecule has 0 N–H and O–H groups in total. The van der Waals surface area contributed by atoms with Crippen LogP contribution in [0.1, 0.15) is 6.92 Å². The lowest BCUT2D eigenvalue weighted by Gasteiger charge is -2.28. The number of ether oxygens (including phenoxy) is 1. The van der Waals surface area contributed by atoms with Gasteiger partial charge in [0.25, 0.3) is 0 Å². The summed E-state index contributed by atoms with van der Waals surface area (Å²) in [7, 11) is 0.128. The summed E-state index contributed by atoms with van der Waals surface area (Å²) in [5.41, 5.74) is 0.481. The number of rotatable bonds is 2. The molecule has 18 heavy (non-hydrogen) atoms. The smallest absolute Gasteiger partial charge is 0.249 e. The first-order valence-electron chi connectivity index (χ1n) is 5.42. The van der Waals surface area contributed by atoms with Crippen molar-refractivity contribution in [3.63, 3.8) is 0 Å². The fourth-order valence-electron chi connectivity index (χ4n) is 1.73. The fourth-order valence-corrected chi connectivity index (χ4v) is 2.68. The van der Waals surface area contributed by atoms with Crippen molar-refractivity contribution in [1.29, 1.82) is 0 Å². The summed E-state index contributed by atoms with van der Waals surface area (Å²) in [5.74, 6) is -0.317. The van der Waals surface area contributed by atoms with E-state index in [2.05, 4.69) is 0 Å². The van der Waals surface area contributed by atoms with Crippen LogP contribution in [0, 0.1) is 0 Å². The molecule has 2 atom stereocenters. The zero-order valence-electron chi connectivity index (χ0n) is 10.1. The third-order valence-corrected chi connectivity index (χ3v) is 4.33. The molecule has 5 nitrogen and oxygen atoms in total. The Labute approximate surface area is 107 Å². The van der Waals surface area contributed by atoms with Gasteiger partial charge in [-0.3, -0.25) is 13.8 Å². The molecule has 1 aromatic rings. The van der Waals surface area contributed by atoms with Crippen molar-refractivity contribution >= 4 is 28.3 Å². The van der Waals surface area contributed by atoms with Crippen LogP contribution in [0.4, 0.5) is 5.69 Å². The molecule has 1 aromatic carbocycles. The van der Waals surface area contributed by atoms with E-state index in [1.54, 1.807) is 31.2 Å². The number of methoxy groups -OCH3 is 1. The average molecular weight is 267 g/mol. The molecule has 2 amide bonds. The predicted molar refractivity (Wildman–Crippen MR) is 68.0 cm³/mol. The van der Waals surface area contributed by atoms with Gasteiger partial charge >= 0.3 is 0 Å². The summed E-state index contributed by atoms with van der Waals surface area (Å²) in [6, 6.07) is 6.61. The molecule has 96 valence electrons. The highest BCUT2D eigenvalue weighted by Crippen LogP contribution is 2.23. The molecule has 1 aliphatic heterocycles. The molecule has 1 heterocycles. The molecular weight excluding hydrogens is 254 g/mol. The van der Waals surface area contributed by atoms with Crippen molar-refractivity contribution in [2.45, 2.75) is 12.2 Å². The van der Waals surface area contributed by atoms with Gasteiger partial charge in [-0.1, -0.05) is 0 Å². The van der Waals surface area contributed by atoms with Crippen LogP contribution in [-0.4, -0.2) is 34.1 Å². The van der Waals surface area contributed by atoms with E-state index in [9.17, 15) is 13.8 Å². The number of anilines is 1. The first-order chi connectivity index (χ1) is 8.54. The van der Waals surface area contributed by atoms with E-state index in [0.717, 1.165) is 4.90 Å². The molecule has 1 saturated heterocycles. The highest BCUT2D eigenvalue weighted by molar-refractivity contribution is 7.87. The summed E-state index contributed by atoms with van der Waals surface area (Å²) in [5, 5.41) is -0.648. The van der Waals surface area contributed by atoms with E-state index < -0.39 is 27.9 Å². The van der Waals surface area contributed by atoms with E-state index in [0.29, 0.717) is 11.4 Å². The second-order valence-corrected chi connectivity index (χ2v) is 5.69. The van der Waals surface area contributed by atoms with Crippen molar-refractivity contribution in [2.75, 3.05) is 17.8 Å². The van der Waals surface area contributed by atoms with Crippen LogP contribution in [0.5, 0.6) is 5.75 Å². The SMILES string of the molecule is COc1ccc(N2C(=O)C[S@@](=O)[C@H](C)C2=O)cc1. The van der Waals surface area contributed by atoms with E-state index in [1.807, 2.05) is 0 Å². The normalized spacial score (nSPS) is 24.2. The largest absolute Gasteiger partial charge is 0.497 e. The Morgan fingerprint density at radius 1 is 1.28 bits per heavy atom. The van der Waals surface area contributed by atoms with Gasteiger partial charge in [-0.05, 0) is 31.2 Å². The van der Waals surface area contributed by atoms with Crippen molar-refractivity contribution in [1.82, 2.24) is 0 Å². The van der Waals surface area contributed by atoms with Gasteiger partial charge < -0.3 is 4.74 Å². The molecule has 1 fully saturated rings. The molecule has 2 rings (SSSR count). The average Bonchev–Trinajstić information content (AvgIpc) is 2.37. The third-order valence-electron chi connectivity index (χ3n) is 2.81. The van der Waals surface area contributed by atoms with Gasteiger partial charge in [0.05, 0.1) is 12.8 Å². The van der Waals surface area contributed by atoms with Crippen LogP contribution < -0.4 is 9.64 Å². The summed E-state index contributed by atoms with van der Waals surface area (Å²) in [6.07, 6.45) is 0. The number of amides is 2. The van der Waals surface area contributed by atoms with E-state index in [-0.39, 0.29) is 5.75 Å². The maximum atomic E-state index is 12.0. The van der Waals surface area contributed by atoms with Gasteiger partial charge in [0.1, 0.15) is 16.8 Å². The lowest BCUT2D eigenvalue weighted by molar-refractivity contribution is -0.125. The maximum absolute atomic E-state index is 12.0. The summed E-state index contributed by atoms with van der Waals surface area (Å²) in [4.78, 5) is 24.9. The van der Waals surface area contributed by atoms with Crippen molar-refractivity contribution in [3.05, 3.63) is 24.3 Å². The van der Waals surface area contributed by atoms with E-state index >= 15 is 0 Å². The quantitative estimate of drug-likeness (QED) is 0.740.